The Bertz CT molecular complexity index is 3920. The van der Waals surface area contributed by atoms with Crippen LogP contribution in [-0.2, 0) is 0 Å². The van der Waals surface area contributed by atoms with Crippen molar-refractivity contribution in [2.45, 2.75) is 0 Å². The molecule has 0 aliphatic carbocycles. The molecule has 282 valence electrons. The van der Waals surface area contributed by atoms with Gasteiger partial charge >= 0.3 is 0 Å². The number of imidazole rings is 2. The highest BCUT2D eigenvalue weighted by Crippen LogP contribution is 2.40. The molecule has 0 spiro atoms. The topological polar surface area (TPSA) is 39.5 Å². The maximum atomic E-state index is 5.19. The van der Waals surface area contributed by atoms with Crippen LogP contribution in [0.2, 0.25) is 0 Å². The van der Waals surface area contributed by atoms with E-state index in [1.165, 1.54) is 43.4 Å². The standard InChI is InChI=1S/C56H33N5/c1-3-17-45-39(13-1)43-27-25-34(32-53(43)60-51-23-11-7-19-47(51)57-55(45)60)36-29-37(31-38(30-36)59-49-21-9-5-15-41(49)42-16-6-10-22-50(42)59)35-26-28-44-40-14-2-4-18-46(40)56-58-48-20-8-12-24-52(48)61(56)54(44)33-35/h1-33H. The number of rotatable bonds is 3. The van der Waals surface area contributed by atoms with Crippen molar-refractivity contribution < 1.29 is 0 Å². The summed E-state index contributed by atoms with van der Waals surface area (Å²) in [5.41, 5.74) is 16.4. The fourth-order valence-electron chi connectivity index (χ4n) is 10.2. The fraction of sp³-hybridized carbons (Fsp3) is 0. The van der Waals surface area contributed by atoms with Crippen molar-refractivity contribution in [3.63, 3.8) is 0 Å². The highest BCUT2D eigenvalue weighted by molar-refractivity contribution is 6.16. The van der Waals surface area contributed by atoms with Gasteiger partial charge in [-0.15, -0.1) is 0 Å². The van der Waals surface area contributed by atoms with Crippen molar-refractivity contribution >= 4 is 98.5 Å². The smallest absolute Gasteiger partial charge is 0.146 e. The third kappa shape index (κ3) is 4.55. The van der Waals surface area contributed by atoms with E-state index in [0.29, 0.717) is 0 Å². The van der Waals surface area contributed by atoms with E-state index in [1.54, 1.807) is 0 Å². The monoisotopic (exact) mass is 775 g/mol. The van der Waals surface area contributed by atoms with Crippen molar-refractivity contribution in [2.24, 2.45) is 0 Å². The van der Waals surface area contributed by atoms with Gasteiger partial charge in [0, 0.05) is 38.0 Å². The summed E-state index contributed by atoms with van der Waals surface area (Å²) in [6, 6.07) is 72.8. The van der Waals surface area contributed by atoms with E-state index < -0.39 is 0 Å². The molecule has 0 aliphatic heterocycles. The lowest BCUT2D eigenvalue weighted by Crippen LogP contribution is -1.97. The maximum Gasteiger partial charge on any atom is 0.146 e. The van der Waals surface area contributed by atoms with E-state index in [1.807, 2.05) is 0 Å². The Kier molecular flexibility index (Phi) is 6.49. The number of pyridine rings is 2. The zero-order valence-corrected chi connectivity index (χ0v) is 32.8. The lowest BCUT2D eigenvalue weighted by atomic mass is 9.95. The predicted octanol–water partition coefficient (Wildman–Crippen LogP) is 14.3. The van der Waals surface area contributed by atoms with Gasteiger partial charge in [-0.3, -0.25) is 8.80 Å². The molecule has 5 heterocycles. The summed E-state index contributed by atoms with van der Waals surface area (Å²) in [7, 11) is 0. The summed E-state index contributed by atoms with van der Waals surface area (Å²) in [4.78, 5) is 10.4. The molecule has 5 nitrogen and oxygen atoms in total. The molecule has 14 rings (SSSR count). The van der Waals surface area contributed by atoms with Gasteiger partial charge in [-0.25, -0.2) is 9.97 Å². The third-order valence-electron chi connectivity index (χ3n) is 12.9. The average molecular weight is 776 g/mol. The number of benzene rings is 9. The Morgan fingerprint density at radius 1 is 0.262 bits per heavy atom. The minimum Gasteiger partial charge on any atom is -0.309 e. The zero-order valence-electron chi connectivity index (χ0n) is 32.8. The first kappa shape index (κ1) is 32.7. The Morgan fingerprint density at radius 2 is 0.639 bits per heavy atom. The van der Waals surface area contributed by atoms with Crippen LogP contribution in [0.1, 0.15) is 0 Å². The fourth-order valence-corrected chi connectivity index (χ4v) is 10.2. The van der Waals surface area contributed by atoms with Crippen molar-refractivity contribution in [3.05, 3.63) is 200 Å². The molecule has 0 amide bonds. The number of hydrogen-bond donors (Lipinski definition) is 0. The van der Waals surface area contributed by atoms with Gasteiger partial charge in [0.15, 0.2) is 0 Å². The van der Waals surface area contributed by atoms with Gasteiger partial charge in [0.2, 0.25) is 0 Å². The summed E-state index contributed by atoms with van der Waals surface area (Å²) in [5, 5.41) is 9.59. The molecule has 0 saturated heterocycles. The molecule has 5 heteroatoms. The summed E-state index contributed by atoms with van der Waals surface area (Å²) < 4.78 is 7.13. The highest BCUT2D eigenvalue weighted by atomic mass is 15.0. The van der Waals surface area contributed by atoms with Crippen LogP contribution in [0, 0.1) is 0 Å². The molecule has 0 N–H and O–H groups in total. The quantitative estimate of drug-likeness (QED) is 0.168. The number of aromatic nitrogens is 5. The molecule has 0 atom stereocenters. The van der Waals surface area contributed by atoms with E-state index in [0.717, 1.165) is 83.1 Å². The van der Waals surface area contributed by atoms with E-state index >= 15 is 0 Å². The van der Waals surface area contributed by atoms with Crippen LogP contribution in [0.25, 0.3) is 126 Å². The van der Waals surface area contributed by atoms with Crippen molar-refractivity contribution in [1.29, 1.82) is 0 Å². The first-order valence-corrected chi connectivity index (χ1v) is 20.8. The number of fused-ring (bicyclic) bond motifs is 19. The van der Waals surface area contributed by atoms with E-state index in [-0.39, 0.29) is 0 Å². The van der Waals surface area contributed by atoms with E-state index in [9.17, 15) is 0 Å². The summed E-state index contributed by atoms with van der Waals surface area (Å²) >= 11 is 0. The molecule has 5 aromatic heterocycles. The second-order valence-corrected chi connectivity index (χ2v) is 16.2. The van der Waals surface area contributed by atoms with Gasteiger partial charge in [0.1, 0.15) is 11.3 Å². The Balaban J connectivity index is 1.08. The molecule has 0 unspecified atom stereocenters. The van der Waals surface area contributed by atoms with Gasteiger partial charge in [0.25, 0.3) is 0 Å². The minimum absolute atomic E-state index is 0.975. The molecule has 0 saturated carbocycles. The number of hydrogen-bond acceptors (Lipinski definition) is 2. The molecule has 0 bridgehead atoms. The van der Waals surface area contributed by atoms with Crippen molar-refractivity contribution in [2.75, 3.05) is 0 Å². The molecular weight excluding hydrogens is 743 g/mol. The molecule has 14 aromatic rings. The van der Waals surface area contributed by atoms with Gasteiger partial charge in [-0.2, -0.15) is 0 Å². The van der Waals surface area contributed by atoms with Gasteiger partial charge in [-0.1, -0.05) is 133 Å². The second kappa shape index (κ2) is 12.1. The summed E-state index contributed by atoms with van der Waals surface area (Å²) in [6.45, 7) is 0. The zero-order chi connectivity index (χ0) is 39.8. The average Bonchev–Trinajstić information content (AvgIpc) is 4.02. The largest absolute Gasteiger partial charge is 0.309 e. The number of para-hydroxylation sites is 6. The predicted molar refractivity (Wildman–Crippen MR) is 254 cm³/mol. The maximum absolute atomic E-state index is 5.19. The molecule has 0 radical (unpaired) electrons. The van der Waals surface area contributed by atoms with Crippen LogP contribution in [0.5, 0.6) is 0 Å². The van der Waals surface area contributed by atoms with E-state index in [2.05, 4.69) is 214 Å². The minimum atomic E-state index is 0.975. The summed E-state index contributed by atoms with van der Waals surface area (Å²) in [6.07, 6.45) is 0. The van der Waals surface area contributed by atoms with Gasteiger partial charge in [0.05, 0.1) is 44.1 Å². The van der Waals surface area contributed by atoms with Crippen molar-refractivity contribution in [3.8, 4) is 27.9 Å². The van der Waals surface area contributed by atoms with Crippen LogP contribution in [0.4, 0.5) is 0 Å². The molecule has 0 aliphatic rings. The third-order valence-corrected chi connectivity index (χ3v) is 12.9. The first-order valence-electron chi connectivity index (χ1n) is 20.8. The molecule has 61 heavy (non-hydrogen) atoms. The SMILES string of the molecule is c1ccc2c(c1)nc1c3ccccc3c3ccc(-c4cc(-c5ccc6c7ccccc7c7nc8ccccc8n7c6c5)cc(-n5c6ccccc6c6ccccc65)c4)cc3n21. The molecule has 9 aromatic carbocycles. The highest BCUT2D eigenvalue weighted by Gasteiger charge is 2.19. The van der Waals surface area contributed by atoms with Gasteiger partial charge < -0.3 is 4.57 Å². The second-order valence-electron chi connectivity index (χ2n) is 16.2. The molecular formula is C56H33N5. The van der Waals surface area contributed by atoms with E-state index in [4.69, 9.17) is 9.97 Å². The number of nitrogens with zero attached hydrogens (tertiary/aromatic N) is 5. The van der Waals surface area contributed by atoms with Crippen LogP contribution in [-0.4, -0.2) is 23.3 Å². The van der Waals surface area contributed by atoms with Crippen LogP contribution in [0.3, 0.4) is 0 Å². The Hall–Kier alpha value is -8.28. The van der Waals surface area contributed by atoms with Crippen LogP contribution < -0.4 is 0 Å². The lowest BCUT2D eigenvalue weighted by Gasteiger charge is -2.16. The lowest BCUT2D eigenvalue weighted by molar-refractivity contribution is 1.18. The Labute approximate surface area is 348 Å². The first-order chi connectivity index (χ1) is 30.2. The van der Waals surface area contributed by atoms with Crippen LogP contribution in [0.15, 0.2) is 200 Å². The molecule has 0 fully saturated rings. The van der Waals surface area contributed by atoms with Gasteiger partial charge in [-0.05, 0) is 99.8 Å². The normalized spacial score (nSPS) is 12.3. The van der Waals surface area contributed by atoms with Crippen molar-refractivity contribution in [1.82, 2.24) is 23.3 Å². The Morgan fingerprint density at radius 3 is 1.11 bits per heavy atom. The van der Waals surface area contributed by atoms with Crippen LogP contribution >= 0.6 is 0 Å². The summed E-state index contributed by atoms with van der Waals surface area (Å²) in [5.74, 6) is 0.